The van der Waals surface area contributed by atoms with Gasteiger partial charge in [-0.05, 0) is 36.4 Å². The van der Waals surface area contributed by atoms with Crippen molar-refractivity contribution in [2.45, 2.75) is 20.0 Å². The monoisotopic (exact) mass is 386 g/mol. The minimum Gasteiger partial charge on any atom is -0.435 e. The number of aromatic nitrogens is 2. The maximum Gasteiger partial charge on any atom is 0.387 e. The largest absolute Gasteiger partial charge is 0.435 e. The molecular weight excluding hydrogens is 369 g/mol. The second-order valence-corrected chi connectivity index (χ2v) is 6.17. The number of hydrogen-bond acceptors (Lipinski definition) is 4. The maximum atomic E-state index is 14.0. The summed E-state index contributed by atoms with van der Waals surface area (Å²) in [5.41, 5.74) is 2.28. The van der Waals surface area contributed by atoms with Gasteiger partial charge < -0.3 is 9.64 Å². The van der Waals surface area contributed by atoms with Crippen molar-refractivity contribution in [1.29, 1.82) is 0 Å². The number of aryl methyl sites for hydroxylation is 1. The van der Waals surface area contributed by atoms with E-state index in [1.165, 1.54) is 18.3 Å². The first-order valence-electron chi connectivity index (χ1n) is 8.78. The summed E-state index contributed by atoms with van der Waals surface area (Å²) in [6, 6.07) is 13.7. The maximum absolute atomic E-state index is 14.0. The van der Waals surface area contributed by atoms with E-state index in [9.17, 15) is 13.2 Å². The van der Waals surface area contributed by atoms with Gasteiger partial charge in [-0.3, -0.25) is 4.57 Å². The van der Waals surface area contributed by atoms with Gasteiger partial charge in [0.15, 0.2) is 0 Å². The zero-order chi connectivity index (χ0) is 19.7. The highest BCUT2D eigenvalue weighted by Gasteiger charge is 2.24. The highest BCUT2D eigenvalue weighted by Crippen LogP contribution is 2.27. The Hall–Kier alpha value is -3.29. The quantitative estimate of drug-likeness (QED) is 0.651. The molecule has 4 rings (SSSR count). The number of halogens is 3. The normalized spacial score (nSPS) is 14.4. The highest BCUT2D eigenvalue weighted by molar-refractivity contribution is 6.04. The molecule has 0 unspecified atom stereocenters. The first-order valence-corrected chi connectivity index (χ1v) is 8.78. The number of imidazole rings is 1. The summed E-state index contributed by atoms with van der Waals surface area (Å²) in [7, 11) is 0. The molecule has 0 saturated carbocycles. The van der Waals surface area contributed by atoms with Crippen LogP contribution in [-0.4, -0.2) is 28.7 Å². The second-order valence-electron chi connectivity index (χ2n) is 6.17. The molecule has 5 nitrogen and oxygen atoms in total. The molecule has 0 fully saturated rings. The molecule has 0 amide bonds. The number of benzene rings is 2. The summed E-state index contributed by atoms with van der Waals surface area (Å²) in [6.07, 6.45) is 1.85. The smallest absolute Gasteiger partial charge is 0.387 e. The highest BCUT2D eigenvalue weighted by atomic mass is 19.3. The van der Waals surface area contributed by atoms with E-state index in [1.807, 2.05) is 35.8 Å². The summed E-state index contributed by atoms with van der Waals surface area (Å²) in [5, 5.41) is 0. The molecule has 28 heavy (non-hydrogen) atoms. The Morgan fingerprint density at radius 1 is 1.11 bits per heavy atom. The second kappa shape index (κ2) is 7.38. The number of rotatable bonds is 4. The van der Waals surface area contributed by atoms with E-state index in [0.29, 0.717) is 18.1 Å². The van der Waals surface area contributed by atoms with Crippen LogP contribution < -0.4 is 9.64 Å². The lowest BCUT2D eigenvalue weighted by Crippen LogP contribution is -2.39. The van der Waals surface area contributed by atoms with Crippen LogP contribution in [0.5, 0.6) is 5.75 Å². The number of ether oxygens (including phenoxy) is 1. The fourth-order valence-corrected chi connectivity index (χ4v) is 3.19. The lowest BCUT2D eigenvalue weighted by molar-refractivity contribution is -0.0498. The third kappa shape index (κ3) is 3.33. The average molecular weight is 386 g/mol. The first-order chi connectivity index (χ1) is 13.6. The summed E-state index contributed by atoms with van der Waals surface area (Å²) >= 11 is 0. The van der Waals surface area contributed by atoms with E-state index in [0.717, 1.165) is 16.9 Å². The van der Waals surface area contributed by atoms with Crippen LogP contribution in [0.25, 0.3) is 11.0 Å². The van der Waals surface area contributed by atoms with Crippen molar-refractivity contribution in [2.75, 3.05) is 11.4 Å². The Morgan fingerprint density at radius 3 is 2.57 bits per heavy atom. The van der Waals surface area contributed by atoms with Crippen LogP contribution in [0.4, 0.5) is 18.9 Å². The molecule has 2 aromatic carbocycles. The van der Waals surface area contributed by atoms with Crippen molar-refractivity contribution >= 4 is 22.7 Å². The van der Waals surface area contributed by atoms with Crippen LogP contribution in [-0.2, 0) is 6.42 Å². The number of para-hydroxylation sites is 2. The van der Waals surface area contributed by atoms with Crippen LogP contribution in [0.3, 0.4) is 0 Å². The summed E-state index contributed by atoms with van der Waals surface area (Å²) in [5.74, 6) is 0.916. The molecule has 0 spiro atoms. The number of aliphatic imine (C=N–C) groups is 1. The molecule has 1 aliphatic rings. The van der Waals surface area contributed by atoms with Crippen LogP contribution in [0.15, 0.2) is 65.6 Å². The lowest BCUT2D eigenvalue weighted by Gasteiger charge is -2.29. The Balaban J connectivity index is 1.79. The number of anilines is 1. The molecule has 0 radical (unpaired) electrons. The van der Waals surface area contributed by atoms with E-state index in [2.05, 4.69) is 14.7 Å². The number of fused-ring (bicyclic) bond motifs is 1. The number of hydrogen-bond donors (Lipinski definition) is 0. The minimum absolute atomic E-state index is 0.0243. The third-order valence-electron chi connectivity index (χ3n) is 4.39. The number of alkyl halides is 2. The van der Waals surface area contributed by atoms with Crippen molar-refractivity contribution in [3.05, 3.63) is 66.4 Å². The van der Waals surface area contributed by atoms with Gasteiger partial charge in [0.2, 0.25) is 5.96 Å². The van der Waals surface area contributed by atoms with Gasteiger partial charge in [-0.2, -0.15) is 8.78 Å². The SMILES string of the molecule is CCc1nc2ccccc2n1C1=NC=C(F)CN1c1ccc(OC(F)F)cc1. The van der Waals surface area contributed by atoms with Crippen molar-refractivity contribution < 1.29 is 17.9 Å². The standard InChI is InChI=1S/C20H17F3N4O/c1-2-18-25-16-5-3-4-6-17(16)27(18)20-24-11-13(21)12-26(20)14-7-9-15(10-8-14)28-19(22)23/h3-11,19H,2,12H2,1H3. The first kappa shape index (κ1) is 18.1. The van der Waals surface area contributed by atoms with Crippen LogP contribution in [0.2, 0.25) is 0 Å². The molecule has 3 aromatic rings. The fourth-order valence-electron chi connectivity index (χ4n) is 3.19. The molecule has 0 bridgehead atoms. The minimum atomic E-state index is -2.90. The summed E-state index contributed by atoms with van der Waals surface area (Å²) < 4.78 is 45.1. The Labute approximate surface area is 159 Å². The van der Waals surface area contributed by atoms with Gasteiger partial charge in [0.25, 0.3) is 0 Å². The lowest BCUT2D eigenvalue weighted by atomic mass is 10.2. The van der Waals surface area contributed by atoms with Crippen LogP contribution in [0, 0.1) is 0 Å². The average Bonchev–Trinajstić information content (AvgIpc) is 3.07. The van der Waals surface area contributed by atoms with Crippen molar-refractivity contribution in [1.82, 2.24) is 9.55 Å². The topological polar surface area (TPSA) is 42.7 Å². The number of nitrogens with zero attached hydrogens (tertiary/aromatic N) is 4. The summed E-state index contributed by atoms with van der Waals surface area (Å²) in [6.45, 7) is -0.940. The molecule has 0 atom stereocenters. The van der Waals surface area contributed by atoms with Gasteiger partial charge in [0.1, 0.15) is 17.4 Å². The Bertz CT molecular complexity index is 1060. The molecule has 0 N–H and O–H groups in total. The molecule has 0 saturated heterocycles. The zero-order valence-corrected chi connectivity index (χ0v) is 15.0. The zero-order valence-electron chi connectivity index (χ0n) is 15.0. The van der Waals surface area contributed by atoms with Gasteiger partial charge in [-0.25, -0.2) is 14.4 Å². The van der Waals surface area contributed by atoms with Gasteiger partial charge >= 0.3 is 6.61 Å². The van der Waals surface area contributed by atoms with Crippen molar-refractivity contribution in [2.24, 2.45) is 4.99 Å². The molecule has 2 heterocycles. The van der Waals surface area contributed by atoms with Gasteiger partial charge in [-0.15, -0.1) is 0 Å². The van der Waals surface area contributed by atoms with Crippen LogP contribution in [0.1, 0.15) is 12.7 Å². The molecule has 1 aliphatic heterocycles. The van der Waals surface area contributed by atoms with E-state index in [1.54, 1.807) is 17.0 Å². The predicted molar refractivity (Wildman–Crippen MR) is 102 cm³/mol. The van der Waals surface area contributed by atoms with E-state index in [4.69, 9.17) is 0 Å². The van der Waals surface area contributed by atoms with E-state index < -0.39 is 12.4 Å². The molecule has 1 aromatic heterocycles. The molecule has 0 aliphatic carbocycles. The van der Waals surface area contributed by atoms with Gasteiger partial charge in [0, 0.05) is 12.1 Å². The third-order valence-corrected chi connectivity index (χ3v) is 4.39. The van der Waals surface area contributed by atoms with Crippen molar-refractivity contribution in [3.63, 3.8) is 0 Å². The summed E-state index contributed by atoms with van der Waals surface area (Å²) in [4.78, 5) is 10.6. The molecule has 8 heteroatoms. The van der Waals surface area contributed by atoms with Gasteiger partial charge in [-0.1, -0.05) is 19.1 Å². The molecular formula is C20H17F3N4O. The van der Waals surface area contributed by atoms with Gasteiger partial charge in [0.05, 0.1) is 23.8 Å². The Kier molecular flexibility index (Phi) is 4.77. The van der Waals surface area contributed by atoms with E-state index in [-0.39, 0.29) is 12.3 Å². The Morgan fingerprint density at radius 2 is 1.86 bits per heavy atom. The van der Waals surface area contributed by atoms with Crippen LogP contribution >= 0.6 is 0 Å². The van der Waals surface area contributed by atoms with E-state index >= 15 is 0 Å². The predicted octanol–water partition coefficient (Wildman–Crippen LogP) is 4.74. The fraction of sp³-hybridized carbons (Fsp3) is 0.200. The molecule has 144 valence electrons. The van der Waals surface area contributed by atoms with Crippen molar-refractivity contribution in [3.8, 4) is 5.75 Å².